The van der Waals surface area contributed by atoms with Crippen LogP contribution in [0.1, 0.15) is 0 Å². The molecule has 1 aromatic rings. The lowest BCUT2D eigenvalue weighted by molar-refractivity contribution is 0.387. The quantitative estimate of drug-likeness (QED) is 0.682. The molecule has 0 saturated heterocycles. The average molecular weight is 182 g/mol. The van der Waals surface area contributed by atoms with E-state index in [-0.39, 0.29) is 7.69 Å². The van der Waals surface area contributed by atoms with E-state index in [0.717, 1.165) is 0 Å². The van der Waals surface area contributed by atoms with Crippen LogP contribution >= 0.6 is 0 Å². The Labute approximate surface area is 77.4 Å². The second-order valence-corrected chi connectivity index (χ2v) is 2.32. The molecule has 13 heavy (non-hydrogen) atoms. The maximum absolute atomic E-state index is 8.54. The Hall–Kier alpha value is -1.36. The Morgan fingerprint density at radius 1 is 1.00 bits per heavy atom. The molecule has 1 N–H and O–H groups in total. The van der Waals surface area contributed by atoms with Crippen LogP contribution in [0.4, 0.5) is 0 Å². The molecule has 4 nitrogen and oxygen atoms in total. The molecule has 0 aromatic heterocycles. The highest BCUT2D eigenvalue weighted by atomic mass is 16.5. The largest absolute Gasteiger partial charge is 0.539 e. The summed E-state index contributed by atoms with van der Waals surface area (Å²) in [5.74, 6) is 1.77. The number of hydrogen-bond donors (Lipinski definition) is 1. The molecule has 5 heteroatoms. The van der Waals surface area contributed by atoms with Crippen LogP contribution in [0.5, 0.6) is 17.2 Å². The fraction of sp³-hybridized carbons (Fsp3) is 0.250. The summed E-state index contributed by atoms with van der Waals surface area (Å²) in [6.45, 7) is 0. The van der Waals surface area contributed by atoms with Crippen molar-refractivity contribution < 1.29 is 19.2 Å². The minimum absolute atomic E-state index is 0.365. The van der Waals surface area contributed by atoms with Crippen LogP contribution in [0.2, 0.25) is 0 Å². The lowest BCUT2D eigenvalue weighted by atomic mass is 10.3. The van der Waals surface area contributed by atoms with Gasteiger partial charge in [0.15, 0.2) is 0 Å². The van der Waals surface area contributed by atoms with Crippen molar-refractivity contribution in [1.29, 1.82) is 0 Å². The zero-order valence-corrected chi connectivity index (χ0v) is 7.61. The van der Waals surface area contributed by atoms with Crippen LogP contribution < -0.4 is 14.1 Å². The molecule has 70 valence electrons. The lowest BCUT2D eigenvalue weighted by Gasteiger charge is -2.07. The number of methoxy groups -OCH3 is 2. The maximum Gasteiger partial charge on any atom is 0.504 e. The van der Waals surface area contributed by atoms with Gasteiger partial charge in [0, 0.05) is 18.2 Å². The van der Waals surface area contributed by atoms with E-state index < -0.39 is 0 Å². The van der Waals surface area contributed by atoms with Gasteiger partial charge in [-0.15, -0.1) is 0 Å². The van der Waals surface area contributed by atoms with Gasteiger partial charge in [-0.05, 0) is 0 Å². The first-order valence-electron chi connectivity index (χ1n) is 3.77. The van der Waals surface area contributed by atoms with E-state index in [0.29, 0.717) is 17.2 Å². The molecule has 0 aliphatic carbocycles. The van der Waals surface area contributed by atoms with Gasteiger partial charge >= 0.3 is 7.69 Å². The molecule has 1 aromatic carbocycles. The lowest BCUT2D eigenvalue weighted by Crippen LogP contribution is -2.00. The van der Waals surface area contributed by atoms with Gasteiger partial charge in [-0.3, -0.25) is 0 Å². The van der Waals surface area contributed by atoms with Crippen LogP contribution in [0.15, 0.2) is 18.2 Å². The van der Waals surface area contributed by atoms with Crippen LogP contribution in [0.3, 0.4) is 0 Å². The van der Waals surface area contributed by atoms with E-state index in [4.69, 9.17) is 19.2 Å². The van der Waals surface area contributed by atoms with Crippen LogP contribution in [-0.4, -0.2) is 26.9 Å². The summed E-state index contributed by atoms with van der Waals surface area (Å²) in [4.78, 5) is 0. The Bertz CT molecular complexity index is 255. The molecule has 0 atom stereocenters. The summed E-state index contributed by atoms with van der Waals surface area (Å²) in [7, 11) is 2.74. The Morgan fingerprint density at radius 3 is 1.85 bits per heavy atom. The van der Waals surface area contributed by atoms with E-state index in [1.54, 1.807) is 32.4 Å². The first-order valence-corrected chi connectivity index (χ1v) is 3.77. The Morgan fingerprint density at radius 2 is 1.46 bits per heavy atom. The van der Waals surface area contributed by atoms with Crippen molar-refractivity contribution in [3.8, 4) is 17.2 Å². The second kappa shape index (κ2) is 4.62. The predicted molar refractivity (Wildman–Crippen MR) is 49.5 cm³/mol. The van der Waals surface area contributed by atoms with Gasteiger partial charge in [0.2, 0.25) is 0 Å². The van der Waals surface area contributed by atoms with Crippen LogP contribution in [0.25, 0.3) is 0 Å². The van der Waals surface area contributed by atoms with Crippen molar-refractivity contribution in [2.24, 2.45) is 0 Å². The second-order valence-electron chi connectivity index (χ2n) is 2.32. The van der Waals surface area contributed by atoms with Gasteiger partial charge in [-0.1, -0.05) is 0 Å². The zero-order valence-electron chi connectivity index (χ0n) is 7.61. The molecule has 0 unspecified atom stereocenters. The molecule has 0 radical (unpaired) electrons. The zero-order chi connectivity index (χ0) is 9.68. The maximum atomic E-state index is 8.54. The van der Waals surface area contributed by atoms with Crippen molar-refractivity contribution >= 4 is 7.69 Å². The third-order valence-corrected chi connectivity index (χ3v) is 1.56. The van der Waals surface area contributed by atoms with Gasteiger partial charge < -0.3 is 19.2 Å². The molecule has 0 spiro atoms. The highest BCUT2D eigenvalue weighted by Gasteiger charge is 2.01. The van der Waals surface area contributed by atoms with Gasteiger partial charge in [0.05, 0.1) is 14.2 Å². The van der Waals surface area contributed by atoms with Crippen LogP contribution in [-0.2, 0) is 0 Å². The number of hydrogen-bond acceptors (Lipinski definition) is 4. The topological polar surface area (TPSA) is 47.9 Å². The molecule has 0 bridgehead atoms. The number of ether oxygens (including phenoxy) is 2. The summed E-state index contributed by atoms with van der Waals surface area (Å²) in [5.41, 5.74) is 0. The van der Waals surface area contributed by atoms with E-state index in [1.165, 1.54) is 0 Å². The standard InChI is InChI=1S/C8H11BO4/c1-11-6-3-7(12-2)5-8(4-6)13-9-10/h3-5,9-10H,1-2H3. The van der Waals surface area contributed by atoms with E-state index in [9.17, 15) is 0 Å². The predicted octanol–water partition coefficient (Wildman–Crippen LogP) is 0.341. The van der Waals surface area contributed by atoms with Crippen LogP contribution in [0, 0.1) is 0 Å². The molecular weight excluding hydrogens is 171 g/mol. The molecular formula is C8H11BO4. The minimum atomic E-state index is -0.365. The fourth-order valence-corrected chi connectivity index (χ4v) is 0.939. The highest BCUT2D eigenvalue weighted by molar-refractivity contribution is 6.17. The highest BCUT2D eigenvalue weighted by Crippen LogP contribution is 2.26. The fourth-order valence-electron chi connectivity index (χ4n) is 0.939. The molecule has 0 fully saturated rings. The van der Waals surface area contributed by atoms with Crippen molar-refractivity contribution in [2.45, 2.75) is 0 Å². The SMILES string of the molecule is COc1cc(OC)cc(OBO)c1. The van der Waals surface area contributed by atoms with Gasteiger partial charge in [-0.25, -0.2) is 0 Å². The molecule has 0 heterocycles. The third-order valence-electron chi connectivity index (χ3n) is 1.56. The van der Waals surface area contributed by atoms with E-state index in [2.05, 4.69) is 0 Å². The summed E-state index contributed by atoms with van der Waals surface area (Å²) >= 11 is 0. The molecule has 0 aliphatic rings. The van der Waals surface area contributed by atoms with Gasteiger partial charge in [0.25, 0.3) is 0 Å². The first kappa shape index (κ1) is 9.73. The number of rotatable bonds is 4. The van der Waals surface area contributed by atoms with Crippen molar-refractivity contribution in [3.05, 3.63) is 18.2 Å². The average Bonchev–Trinajstić information content (AvgIpc) is 2.17. The van der Waals surface area contributed by atoms with Gasteiger partial charge in [0.1, 0.15) is 17.2 Å². The Kier molecular flexibility index (Phi) is 3.46. The molecule has 0 saturated carbocycles. The number of benzene rings is 1. The van der Waals surface area contributed by atoms with E-state index >= 15 is 0 Å². The summed E-state index contributed by atoms with van der Waals surface area (Å²) in [5, 5.41) is 8.54. The summed E-state index contributed by atoms with van der Waals surface area (Å²) < 4.78 is 14.9. The van der Waals surface area contributed by atoms with Crippen molar-refractivity contribution in [3.63, 3.8) is 0 Å². The van der Waals surface area contributed by atoms with Crippen molar-refractivity contribution in [1.82, 2.24) is 0 Å². The summed E-state index contributed by atoms with van der Waals surface area (Å²) in [6.07, 6.45) is 0. The third kappa shape index (κ3) is 2.56. The normalized spacial score (nSPS) is 9.15. The Balaban J connectivity index is 2.93. The molecule has 1 rings (SSSR count). The van der Waals surface area contributed by atoms with Gasteiger partial charge in [-0.2, -0.15) is 0 Å². The summed E-state index contributed by atoms with van der Waals surface area (Å²) in [6, 6.07) is 5.06. The first-order chi connectivity index (χ1) is 6.30. The monoisotopic (exact) mass is 182 g/mol. The molecule has 0 aliphatic heterocycles. The van der Waals surface area contributed by atoms with E-state index in [1.807, 2.05) is 0 Å². The van der Waals surface area contributed by atoms with Crippen molar-refractivity contribution in [2.75, 3.05) is 14.2 Å². The molecule has 0 amide bonds. The minimum Gasteiger partial charge on any atom is -0.539 e. The smallest absolute Gasteiger partial charge is 0.504 e.